The molecule has 2 nitrogen and oxygen atoms in total. The minimum Gasteiger partial charge on any atom is -0.299 e. The first-order valence-corrected chi connectivity index (χ1v) is 3.89. The zero-order chi connectivity index (χ0) is 9.07. The average molecular weight is 177 g/mol. The van der Waals surface area contributed by atoms with Crippen LogP contribution in [0.5, 0.6) is 0 Å². The number of rotatable bonds is 3. The molecule has 64 valence electrons. The molecule has 0 saturated carbocycles. The molecular formula is C8H13ClO2. The highest BCUT2D eigenvalue weighted by Gasteiger charge is 2.17. The third-order valence-corrected chi connectivity index (χ3v) is 1.20. The molecule has 0 fully saturated rings. The van der Waals surface area contributed by atoms with Crippen LogP contribution in [0.4, 0.5) is 0 Å². The molecule has 0 aliphatic rings. The van der Waals surface area contributed by atoms with Crippen molar-refractivity contribution < 1.29 is 9.59 Å². The molecule has 0 unspecified atom stereocenters. The van der Waals surface area contributed by atoms with E-state index in [-0.39, 0.29) is 17.6 Å². The van der Waals surface area contributed by atoms with Crippen LogP contribution in [0.15, 0.2) is 0 Å². The van der Waals surface area contributed by atoms with Gasteiger partial charge in [-0.2, -0.15) is 0 Å². The molecule has 0 N–H and O–H groups in total. The second kappa shape index (κ2) is 3.86. The number of hydrogen-bond donors (Lipinski definition) is 0. The summed E-state index contributed by atoms with van der Waals surface area (Å²) < 4.78 is 0. The van der Waals surface area contributed by atoms with E-state index in [1.54, 1.807) is 0 Å². The summed E-state index contributed by atoms with van der Waals surface area (Å²) in [6, 6.07) is 0. The zero-order valence-electron chi connectivity index (χ0n) is 7.11. The molecular weight excluding hydrogens is 164 g/mol. The Balaban J connectivity index is 3.80. The van der Waals surface area contributed by atoms with E-state index < -0.39 is 5.24 Å². The van der Waals surface area contributed by atoms with Crippen molar-refractivity contribution in [2.75, 3.05) is 0 Å². The van der Waals surface area contributed by atoms with Crippen molar-refractivity contribution in [2.24, 2.45) is 5.41 Å². The summed E-state index contributed by atoms with van der Waals surface area (Å²) in [5, 5.41) is -0.570. The molecule has 0 rings (SSSR count). The molecule has 0 atom stereocenters. The molecule has 0 aromatic heterocycles. The zero-order valence-corrected chi connectivity index (χ0v) is 7.86. The normalized spacial score (nSPS) is 11.3. The van der Waals surface area contributed by atoms with Crippen LogP contribution < -0.4 is 0 Å². The Hall–Kier alpha value is -0.370. The van der Waals surface area contributed by atoms with Crippen molar-refractivity contribution in [3.05, 3.63) is 0 Å². The van der Waals surface area contributed by atoms with Crippen LogP contribution in [0.2, 0.25) is 0 Å². The van der Waals surface area contributed by atoms with Crippen molar-refractivity contribution >= 4 is 22.6 Å². The maximum atomic E-state index is 11.0. The summed E-state index contributed by atoms with van der Waals surface area (Å²) in [5.41, 5.74) is -0.0522. The lowest BCUT2D eigenvalue weighted by atomic mass is 9.89. The monoisotopic (exact) mass is 176 g/mol. The summed E-state index contributed by atoms with van der Waals surface area (Å²) in [4.78, 5) is 21.2. The van der Waals surface area contributed by atoms with E-state index in [4.69, 9.17) is 11.6 Å². The first kappa shape index (κ1) is 10.6. The Morgan fingerprint density at radius 1 is 1.27 bits per heavy atom. The predicted octanol–water partition coefficient (Wildman–Crippen LogP) is 2.15. The molecule has 3 heteroatoms. The Morgan fingerprint density at radius 2 is 1.73 bits per heavy atom. The Labute approximate surface area is 71.9 Å². The van der Waals surface area contributed by atoms with Gasteiger partial charge in [0.15, 0.2) is 0 Å². The largest absolute Gasteiger partial charge is 0.299 e. The first-order valence-electron chi connectivity index (χ1n) is 3.51. The molecule has 0 spiro atoms. The van der Waals surface area contributed by atoms with E-state index in [0.29, 0.717) is 6.42 Å². The Morgan fingerprint density at radius 3 is 2.00 bits per heavy atom. The summed E-state index contributed by atoms with van der Waals surface area (Å²) in [6.45, 7) is 5.84. The molecule has 0 amide bonds. The van der Waals surface area contributed by atoms with Crippen molar-refractivity contribution in [1.29, 1.82) is 0 Å². The van der Waals surface area contributed by atoms with Gasteiger partial charge in [0.1, 0.15) is 5.78 Å². The van der Waals surface area contributed by atoms with Crippen molar-refractivity contribution in [3.8, 4) is 0 Å². The second-order valence-corrected chi connectivity index (χ2v) is 4.23. The molecule has 0 aliphatic heterocycles. The number of carbonyl (C=O) groups is 2. The lowest BCUT2D eigenvalue weighted by Crippen LogP contribution is -2.14. The van der Waals surface area contributed by atoms with Crippen LogP contribution in [-0.2, 0) is 9.59 Å². The van der Waals surface area contributed by atoms with Crippen LogP contribution in [0.3, 0.4) is 0 Å². The van der Waals surface area contributed by atoms with Crippen LogP contribution in [0, 0.1) is 5.41 Å². The quantitative estimate of drug-likeness (QED) is 0.488. The van der Waals surface area contributed by atoms with Crippen LogP contribution in [0.25, 0.3) is 0 Å². The standard InChI is InChI=1S/C8H13ClO2/c1-8(2,3)5-6(10)4-7(9)11/h4-5H2,1-3H3. The SMILES string of the molecule is CC(C)(C)CC(=O)CC(=O)Cl. The molecule has 0 saturated heterocycles. The number of halogens is 1. The maximum Gasteiger partial charge on any atom is 0.229 e. The van der Waals surface area contributed by atoms with E-state index in [1.807, 2.05) is 20.8 Å². The molecule has 0 radical (unpaired) electrons. The number of carbonyl (C=O) groups excluding carboxylic acids is 2. The third-order valence-electron chi connectivity index (χ3n) is 1.06. The fourth-order valence-corrected chi connectivity index (χ4v) is 0.958. The van der Waals surface area contributed by atoms with E-state index in [0.717, 1.165) is 0 Å². The smallest absolute Gasteiger partial charge is 0.229 e. The molecule has 0 aromatic rings. The second-order valence-electron chi connectivity index (χ2n) is 3.81. The first-order chi connectivity index (χ1) is 4.81. The Bertz CT molecular complexity index is 167. The summed E-state index contributed by atoms with van der Waals surface area (Å²) in [7, 11) is 0. The average Bonchev–Trinajstić information content (AvgIpc) is 1.53. The van der Waals surface area contributed by atoms with Gasteiger partial charge in [-0.05, 0) is 17.0 Å². The van der Waals surface area contributed by atoms with Gasteiger partial charge in [0.25, 0.3) is 0 Å². The minimum absolute atomic E-state index is 0.0522. The van der Waals surface area contributed by atoms with Gasteiger partial charge in [-0.25, -0.2) is 0 Å². The van der Waals surface area contributed by atoms with Crippen LogP contribution >= 0.6 is 11.6 Å². The molecule has 0 heterocycles. The molecule has 11 heavy (non-hydrogen) atoms. The molecule has 0 aliphatic carbocycles. The van der Waals surface area contributed by atoms with Crippen molar-refractivity contribution in [1.82, 2.24) is 0 Å². The van der Waals surface area contributed by atoms with Gasteiger partial charge in [0.05, 0.1) is 6.42 Å². The van der Waals surface area contributed by atoms with Gasteiger partial charge in [0, 0.05) is 6.42 Å². The van der Waals surface area contributed by atoms with Gasteiger partial charge in [-0.1, -0.05) is 20.8 Å². The van der Waals surface area contributed by atoms with Crippen LogP contribution in [-0.4, -0.2) is 11.0 Å². The maximum absolute atomic E-state index is 11.0. The molecule has 0 aromatic carbocycles. The van der Waals surface area contributed by atoms with Gasteiger partial charge in [-0.3, -0.25) is 9.59 Å². The van der Waals surface area contributed by atoms with Crippen LogP contribution in [0.1, 0.15) is 33.6 Å². The van der Waals surface area contributed by atoms with Crippen molar-refractivity contribution in [2.45, 2.75) is 33.6 Å². The van der Waals surface area contributed by atoms with Gasteiger partial charge >= 0.3 is 0 Å². The third kappa shape index (κ3) is 7.53. The lowest BCUT2D eigenvalue weighted by molar-refractivity contribution is -0.124. The van der Waals surface area contributed by atoms with E-state index >= 15 is 0 Å². The summed E-state index contributed by atoms with van der Waals surface area (Å²) in [6.07, 6.45) is 0.268. The van der Waals surface area contributed by atoms with E-state index in [1.165, 1.54) is 0 Å². The highest BCUT2D eigenvalue weighted by Crippen LogP contribution is 2.19. The van der Waals surface area contributed by atoms with E-state index in [9.17, 15) is 9.59 Å². The van der Waals surface area contributed by atoms with Gasteiger partial charge in [-0.15, -0.1) is 0 Å². The highest BCUT2D eigenvalue weighted by molar-refractivity contribution is 6.64. The minimum atomic E-state index is -0.570. The fourth-order valence-electron chi connectivity index (χ4n) is 0.809. The highest BCUT2D eigenvalue weighted by atomic mass is 35.5. The number of hydrogen-bond acceptors (Lipinski definition) is 2. The van der Waals surface area contributed by atoms with E-state index in [2.05, 4.69) is 0 Å². The molecule has 0 bridgehead atoms. The number of ketones is 1. The summed E-state index contributed by atoms with van der Waals surface area (Å²) in [5.74, 6) is -0.0856. The summed E-state index contributed by atoms with van der Waals surface area (Å²) >= 11 is 5.04. The predicted molar refractivity (Wildman–Crippen MR) is 44.6 cm³/mol. The number of Topliss-reactive ketones (excluding diaryl/α,β-unsaturated/α-hetero) is 1. The Kier molecular flexibility index (Phi) is 3.73. The van der Waals surface area contributed by atoms with Gasteiger partial charge < -0.3 is 0 Å². The fraction of sp³-hybridized carbons (Fsp3) is 0.750. The topological polar surface area (TPSA) is 34.1 Å². The lowest BCUT2D eigenvalue weighted by Gasteiger charge is -2.15. The van der Waals surface area contributed by atoms with Crippen molar-refractivity contribution in [3.63, 3.8) is 0 Å². The van der Waals surface area contributed by atoms with Gasteiger partial charge in [0.2, 0.25) is 5.24 Å².